The van der Waals surface area contributed by atoms with Crippen molar-refractivity contribution in [2.75, 3.05) is 24.7 Å². The molecule has 1 unspecified atom stereocenters. The number of benzene rings is 3. The Labute approximate surface area is 206 Å². The first-order valence-electron chi connectivity index (χ1n) is 11.6. The van der Waals surface area contributed by atoms with E-state index >= 15 is 0 Å². The fraction of sp³-hybridized carbons (Fsp3) is 0.214. The van der Waals surface area contributed by atoms with E-state index in [1.165, 1.54) is 16.7 Å². The highest BCUT2D eigenvalue weighted by molar-refractivity contribution is 6.05. The number of hydrogen-bond donors (Lipinski definition) is 5. The third-order valence-electron chi connectivity index (χ3n) is 6.21. The molecule has 2 amide bonds. The standard InChI is InChI=1S/C28H31N5O2/c1-16-8-6-9-17(2)24(16)20-12-21(15-23(14-20)29-4)26-31-18(3)25(33-26)28(35)32-22-11-7-10-19(13-22)27(34)30-5/h6-15,26,29,31,33H,1-5H3,(H,30,34)(H,32,35). The van der Waals surface area contributed by atoms with Crippen LogP contribution in [0.25, 0.3) is 11.1 Å². The second kappa shape index (κ2) is 9.93. The van der Waals surface area contributed by atoms with Gasteiger partial charge in [-0.3, -0.25) is 9.59 Å². The summed E-state index contributed by atoms with van der Waals surface area (Å²) in [4.78, 5) is 25.0. The largest absolute Gasteiger partial charge is 0.388 e. The van der Waals surface area contributed by atoms with Gasteiger partial charge in [0.1, 0.15) is 11.9 Å². The predicted molar refractivity (Wildman–Crippen MR) is 141 cm³/mol. The SMILES string of the molecule is CNC(=O)c1cccc(NC(=O)C2=C(C)NC(c3cc(NC)cc(-c4c(C)cccc4C)c3)N2)c1. The number of allylic oxidation sites excluding steroid dienone is 1. The summed E-state index contributed by atoms with van der Waals surface area (Å²) in [7, 11) is 3.48. The number of rotatable bonds is 6. The van der Waals surface area contributed by atoms with Gasteiger partial charge in [0.2, 0.25) is 0 Å². The molecule has 0 saturated carbocycles. The normalized spacial score (nSPS) is 14.7. The van der Waals surface area contributed by atoms with Crippen molar-refractivity contribution in [2.45, 2.75) is 26.9 Å². The molecular formula is C28H31N5O2. The lowest BCUT2D eigenvalue weighted by atomic mass is 9.93. The Morgan fingerprint density at radius 3 is 2.20 bits per heavy atom. The summed E-state index contributed by atoms with van der Waals surface area (Å²) < 4.78 is 0. The monoisotopic (exact) mass is 469 g/mol. The first-order chi connectivity index (χ1) is 16.8. The Balaban J connectivity index is 1.57. The number of nitrogens with one attached hydrogen (secondary N) is 5. The van der Waals surface area contributed by atoms with Gasteiger partial charge < -0.3 is 26.6 Å². The van der Waals surface area contributed by atoms with Gasteiger partial charge in [-0.25, -0.2) is 0 Å². The molecule has 0 aliphatic carbocycles. The molecule has 7 heteroatoms. The number of amides is 2. The van der Waals surface area contributed by atoms with Gasteiger partial charge in [-0.2, -0.15) is 0 Å². The van der Waals surface area contributed by atoms with E-state index in [-0.39, 0.29) is 18.0 Å². The van der Waals surface area contributed by atoms with E-state index in [1.54, 1.807) is 31.3 Å². The average Bonchev–Trinajstić information content (AvgIpc) is 3.25. The van der Waals surface area contributed by atoms with E-state index in [1.807, 2.05) is 14.0 Å². The summed E-state index contributed by atoms with van der Waals surface area (Å²) in [6.45, 7) is 6.11. The molecule has 1 aliphatic rings. The van der Waals surface area contributed by atoms with Crippen LogP contribution in [0.15, 0.2) is 72.1 Å². The van der Waals surface area contributed by atoms with Gasteiger partial charge in [0, 0.05) is 36.7 Å². The van der Waals surface area contributed by atoms with Crippen molar-refractivity contribution in [1.82, 2.24) is 16.0 Å². The van der Waals surface area contributed by atoms with Crippen molar-refractivity contribution in [3.8, 4) is 11.1 Å². The van der Waals surface area contributed by atoms with Crippen LogP contribution < -0.4 is 26.6 Å². The molecule has 35 heavy (non-hydrogen) atoms. The first-order valence-corrected chi connectivity index (χ1v) is 11.6. The highest BCUT2D eigenvalue weighted by atomic mass is 16.2. The molecule has 0 radical (unpaired) electrons. The van der Waals surface area contributed by atoms with E-state index in [0.29, 0.717) is 16.9 Å². The van der Waals surface area contributed by atoms with Crippen LogP contribution in [-0.2, 0) is 4.79 Å². The van der Waals surface area contributed by atoms with Crippen LogP contribution in [0.5, 0.6) is 0 Å². The predicted octanol–water partition coefficient (Wildman–Crippen LogP) is 4.43. The van der Waals surface area contributed by atoms with Crippen LogP contribution in [0.3, 0.4) is 0 Å². The van der Waals surface area contributed by atoms with E-state index in [4.69, 9.17) is 0 Å². The third-order valence-corrected chi connectivity index (χ3v) is 6.21. The summed E-state index contributed by atoms with van der Waals surface area (Å²) in [5.41, 5.74) is 9.00. The zero-order valence-electron chi connectivity index (χ0n) is 20.7. The summed E-state index contributed by atoms with van der Waals surface area (Å²) in [5.74, 6) is -0.479. The zero-order chi connectivity index (χ0) is 25.1. The maximum absolute atomic E-state index is 13.1. The van der Waals surface area contributed by atoms with E-state index < -0.39 is 0 Å². The Morgan fingerprint density at radius 1 is 0.800 bits per heavy atom. The minimum atomic E-state index is -0.272. The van der Waals surface area contributed by atoms with Gasteiger partial charge >= 0.3 is 0 Å². The smallest absolute Gasteiger partial charge is 0.273 e. The minimum absolute atomic E-state index is 0.207. The van der Waals surface area contributed by atoms with Gasteiger partial charge in [0.25, 0.3) is 11.8 Å². The van der Waals surface area contributed by atoms with Gasteiger partial charge in [0.15, 0.2) is 0 Å². The Morgan fingerprint density at radius 2 is 1.51 bits per heavy atom. The van der Waals surface area contributed by atoms with Crippen LogP contribution in [0.4, 0.5) is 11.4 Å². The second-order valence-corrected chi connectivity index (χ2v) is 8.70. The topological polar surface area (TPSA) is 94.3 Å². The number of hydrogen-bond acceptors (Lipinski definition) is 5. The van der Waals surface area contributed by atoms with Crippen molar-refractivity contribution in [1.29, 1.82) is 0 Å². The molecule has 1 heterocycles. The van der Waals surface area contributed by atoms with Crippen molar-refractivity contribution >= 4 is 23.2 Å². The minimum Gasteiger partial charge on any atom is -0.388 e. The Hall–Kier alpha value is -4.26. The molecule has 1 atom stereocenters. The molecule has 180 valence electrons. The quantitative estimate of drug-likeness (QED) is 0.368. The summed E-state index contributed by atoms with van der Waals surface area (Å²) in [5, 5.41) is 15.5. The zero-order valence-corrected chi connectivity index (χ0v) is 20.7. The Bertz CT molecular complexity index is 1310. The number of carbonyl (C=O) groups is 2. The summed E-state index contributed by atoms with van der Waals surface area (Å²) in [6, 6.07) is 19.5. The molecule has 5 N–H and O–H groups in total. The molecule has 0 bridgehead atoms. The van der Waals surface area contributed by atoms with Crippen LogP contribution in [0, 0.1) is 13.8 Å². The number of aryl methyl sites for hydroxylation is 2. The maximum Gasteiger partial charge on any atom is 0.273 e. The van der Waals surface area contributed by atoms with Gasteiger partial charge in [-0.1, -0.05) is 24.3 Å². The maximum atomic E-state index is 13.1. The molecule has 7 nitrogen and oxygen atoms in total. The van der Waals surface area contributed by atoms with Crippen LogP contribution in [0.1, 0.15) is 40.1 Å². The van der Waals surface area contributed by atoms with Crippen molar-refractivity contribution < 1.29 is 9.59 Å². The van der Waals surface area contributed by atoms with Crippen LogP contribution in [0.2, 0.25) is 0 Å². The molecule has 3 aromatic carbocycles. The molecule has 0 aromatic heterocycles. The molecule has 0 fully saturated rings. The van der Waals surface area contributed by atoms with E-state index in [2.05, 4.69) is 76.8 Å². The van der Waals surface area contributed by atoms with Crippen LogP contribution in [-0.4, -0.2) is 25.9 Å². The molecule has 0 saturated heterocycles. The van der Waals surface area contributed by atoms with E-state index in [9.17, 15) is 9.59 Å². The third kappa shape index (κ3) is 4.99. The first kappa shape index (κ1) is 23.9. The van der Waals surface area contributed by atoms with Gasteiger partial charge in [-0.15, -0.1) is 0 Å². The highest BCUT2D eigenvalue weighted by Gasteiger charge is 2.27. The lowest BCUT2D eigenvalue weighted by Gasteiger charge is -2.19. The molecule has 3 aromatic rings. The van der Waals surface area contributed by atoms with Gasteiger partial charge in [-0.05, 0) is 85.0 Å². The molecular weight excluding hydrogens is 438 g/mol. The fourth-order valence-electron chi connectivity index (χ4n) is 4.43. The van der Waals surface area contributed by atoms with Crippen LogP contribution >= 0.6 is 0 Å². The van der Waals surface area contributed by atoms with Crippen molar-refractivity contribution in [2.24, 2.45) is 0 Å². The fourth-order valence-corrected chi connectivity index (χ4v) is 4.43. The number of carbonyl (C=O) groups excluding carboxylic acids is 2. The number of anilines is 2. The molecule has 4 rings (SSSR count). The second-order valence-electron chi connectivity index (χ2n) is 8.70. The lowest BCUT2D eigenvalue weighted by molar-refractivity contribution is -0.113. The van der Waals surface area contributed by atoms with Crippen molar-refractivity contribution in [3.63, 3.8) is 0 Å². The Kier molecular flexibility index (Phi) is 6.78. The van der Waals surface area contributed by atoms with Crippen molar-refractivity contribution in [3.05, 3.63) is 94.3 Å². The summed E-state index contributed by atoms with van der Waals surface area (Å²) in [6.07, 6.45) is -0.260. The van der Waals surface area contributed by atoms with Gasteiger partial charge in [0.05, 0.1) is 0 Å². The average molecular weight is 470 g/mol. The highest BCUT2D eigenvalue weighted by Crippen LogP contribution is 2.33. The summed E-state index contributed by atoms with van der Waals surface area (Å²) >= 11 is 0. The molecule has 1 aliphatic heterocycles. The lowest BCUT2D eigenvalue weighted by Crippen LogP contribution is -2.27. The molecule has 0 spiro atoms. The van der Waals surface area contributed by atoms with E-state index in [0.717, 1.165) is 22.5 Å².